The number of rotatable bonds is 8. The second kappa shape index (κ2) is 10.3. The van der Waals surface area contributed by atoms with Crippen LogP contribution >= 0.6 is 22.9 Å². The molecule has 2 saturated heterocycles. The molecule has 11 heteroatoms. The van der Waals surface area contributed by atoms with E-state index in [1.54, 1.807) is 35.6 Å². The molecule has 4 fully saturated rings. The van der Waals surface area contributed by atoms with Gasteiger partial charge in [-0.05, 0) is 61.9 Å². The molecule has 0 radical (unpaired) electrons. The van der Waals surface area contributed by atoms with Gasteiger partial charge in [0.15, 0.2) is 5.13 Å². The highest BCUT2D eigenvalue weighted by molar-refractivity contribution is 7.22. The molecule has 42 heavy (non-hydrogen) atoms. The zero-order valence-electron chi connectivity index (χ0n) is 22.7. The predicted octanol–water partition coefficient (Wildman–Crippen LogP) is 7.01. The summed E-state index contributed by atoms with van der Waals surface area (Å²) in [6, 6.07) is 8.45. The summed E-state index contributed by atoms with van der Waals surface area (Å²) in [5.41, 5.74) is 3.66. The third kappa shape index (κ3) is 4.51. The molecule has 4 aromatic rings. The van der Waals surface area contributed by atoms with Crippen LogP contribution in [-0.4, -0.2) is 53.1 Å². The van der Waals surface area contributed by atoms with Crippen molar-refractivity contribution in [3.8, 4) is 11.3 Å². The van der Waals surface area contributed by atoms with E-state index in [0.717, 1.165) is 70.9 Å². The third-order valence-electron chi connectivity index (χ3n) is 9.26. The van der Waals surface area contributed by atoms with Gasteiger partial charge in [0.05, 0.1) is 45.7 Å². The number of nitrogens with zero attached hydrogens (tertiary/aromatic N) is 3. The number of fused-ring (bicyclic) bond motifs is 3. The van der Waals surface area contributed by atoms with Crippen molar-refractivity contribution in [3.05, 3.63) is 63.6 Å². The molecule has 2 aliphatic carbocycles. The van der Waals surface area contributed by atoms with Crippen LogP contribution < -0.4 is 4.90 Å². The maximum absolute atomic E-state index is 14.8. The quantitative estimate of drug-likeness (QED) is 0.228. The number of piperidine rings is 1. The Balaban J connectivity index is 1.02. The van der Waals surface area contributed by atoms with E-state index >= 15 is 0 Å². The first-order chi connectivity index (χ1) is 20.4. The lowest BCUT2D eigenvalue weighted by Gasteiger charge is -2.31. The second-order valence-electron chi connectivity index (χ2n) is 11.9. The minimum absolute atomic E-state index is 0.0661. The SMILES string of the molecule is O=C(O)c1cc(C2CCOC2)c2nc(N3C[C@@H]4C[C@H]3C[C@H]4OCc3c(-c4c(F)cccc4Cl)noc3C3CC3)sc2c1. The number of halogens is 2. The van der Waals surface area contributed by atoms with E-state index < -0.39 is 11.8 Å². The lowest BCUT2D eigenvalue weighted by molar-refractivity contribution is 0.0122. The number of thiazole rings is 1. The fourth-order valence-corrected chi connectivity index (χ4v) is 8.34. The van der Waals surface area contributed by atoms with E-state index in [1.807, 2.05) is 0 Å². The number of hydrogen-bond donors (Lipinski definition) is 1. The average molecular weight is 610 g/mol. The van der Waals surface area contributed by atoms with Crippen LogP contribution in [0, 0.1) is 11.7 Å². The van der Waals surface area contributed by atoms with Gasteiger partial charge in [0.1, 0.15) is 17.3 Å². The number of aromatic nitrogens is 2. The zero-order chi connectivity index (χ0) is 28.5. The number of carboxylic acids is 1. The Morgan fingerprint density at radius 2 is 2.10 bits per heavy atom. The van der Waals surface area contributed by atoms with E-state index in [9.17, 15) is 14.3 Å². The number of ether oxygens (including phenoxy) is 2. The van der Waals surface area contributed by atoms with E-state index in [-0.39, 0.29) is 17.6 Å². The Kier molecular flexibility index (Phi) is 6.51. The van der Waals surface area contributed by atoms with Crippen molar-refractivity contribution in [2.45, 2.75) is 62.7 Å². The smallest absolute Gasteiger partial charge is 0.335 e. The molecule has 8 rings (SSSR count). The minimum Gasteiger partial charge on any atom is -0.478 e. The van der Waals surface area contributed by atoms with Crippen LogP contribution in [0.2, 0.25) is 5.02 Å². The lowest BCUT2D eigenvalue weighted by atomic mass is 9.95. The fraction of sp³-hybridized carbons (Fsp3) is 0.452. The van der Waals surface area contributed by atoms with Crippen molar-refractivity contribution in [1.29, 1.82) is 0 Å². The van der Waals surface area contributed by atoms with Crippen LogP contribution in [0.4, 0.5) is 9.52 Å². The Labute approximate surface area is 250 Å². The second-order valence-corrected chi connectivity index (χ2v) is 13.3. The normalized spacial score (nSPS) is 25.2. The molecule has 8 nitrogen and oxygen atoms in total. The molecular weight excluding hydrogens is 581 g/mol. The molecule has 4 atom stereocenters. The fourth-order valence-electron chi connectivity index (χ4n) is 6.96. The highest BCUT2D eigenvalue weighted by atomic mass is 35.5. The van der Waals surface area contributed by atoms with Gasteiger partial charge in [-0.1, -0.05) is 34.2 Å². The molecule has 0 amide bonds. The van der Waals surface area contributed by atoms with Crippen molar-refractivity contribution in [2.24, 2.45) is 5.92 Å². The van der Waals surface area contributed by atoms with Gasteiger partial charge >= 0.3 is 5.97 Å². The van der Waals surface area contributed by atoms with Crippen molar-refractivity contribution in [2.75, 3.05) is 24.7 Å². The van der Waals surface area contributed by atoms with Crippen LogP contribution in [0.15, 0.2) is 34.9 Å². The molecule has 218 valence electrons. The lowest BCUT2D eigenvalue weighted by Crippen LogP contribution is -2.38. The van der Waals surface area contributed by atoms with Crippen LogP contribution in [-0.2, 0) is 16.1 Å². The van der Waals surface area contributed by atoms with Crippen LogP contribution in [0.3, 0.4) is 0 Å². The maximum Gasteiger partial charge on any atom is 0.335 e. The summed E-state index contributed by atoms with van der Waals surface area (Å²) in [6.45, 7) is 2.41. The van der Waals surface area contributed by atoms with Gasteiger partial charge in [-0.2, -0.15) is 0 Å². The molecule has 2 saturated carbocycles. The van der Waals surface area contributed by atoms with E-state index in [4.69, 9.17) is 30.6 Å². The van der Waals surface area contributed by atoms with Crippen molar-refractivity contribution >= 4 is 44.3 Å². The molecule has 0 spiro atoms. The van der Waals surface area contributed by atoms with Gasteiger partial charge in [-0.3, -0.25) is 0 Å². The van der Waals surface area contributed by atoms with Gasteiger partial charge in [0.2, 0.25) is 0 Å². The first kappa shape index (κ1) is 26.6. The van der Waals surface area contributed by atoms with Gasteiger partial charge in [-0.15, -0.1) is 0 Å². The Bertz CT molecular complexity index is 1680. The molecule has 4 aliphatic rings. The summed E-state index contributed by atoms with van der Waals surface area (Å²) < 4.78 is 33.6. The highest BCUT2D eigenvalue weighted by Crippen LogP contribution is 2.48. The zero-order valence-corrected chi connectivity index (χ0v) is 24.3. The van der Waals surface area contributed by atoms with Crippen LogP contribution in [0.5, 0.6) is 0 Å². The topological polar surface area (TPSA) is 97.9 Å². The van der Waals surface area contributed by atoms with Crippen molar-refractivity contribution in [3.63, 3.8) is 0 Å². The summed E-state index contributed by atoms with van der Waals surface area (Å²) in [6.07, 6.45) is 4.87. The largest absolute Gasteiger partial charge is 0.478 e. The first-order valence-electron chi connectivity index (χ1n) is 14.5. The number of aromatic carboxylic acids is 1. The summed E-state index contributed by atoms with van der Waals surface area (Å²) in [7, 11) is 0. The summed E-state index contributed by atoms with van der Waals surface area (Å²) in [5.74, 6) is 0.232. The van der Waals surface area contributed by atoms with E-state index in [1.165, 1.54) is 6.07 Å². The number of hydrogen-bond acceptors (Lipinski definition) is 8. The first-order valence-corrected chi connectivity index (χ1v) is 15.7. The number of carboxylic acid groups (broad SMARTS) is 1. The molecular formula is C31H29ClFN3O5S. The third-order valence-corrected chi connectivity index (χ3v) is 10.6. The number of benzene rings is 2. The molecule has 2 bridgehead atoms. The Morgan fingerprint density at radius 3 is 2.81 bits per heavy atom. The van der Waals surface area contributed by atoms with Crippen LogP contribution in [0.1, 0.15) is 71.2 Å². The summed E-state index contributed by atoms with van der Waals surface area (Å²) in [5, 5.41) is 15.2. The molecule has 2 aromatic heterocycles. The van der Waals surface area contributed by atoms with Gasteiger partial charge in [-0.25, -0.2) is 14.2 Å². The number of carbonyl (C=O) groups is 1. The Hall–Kier alpha value is -3.05. The molecule has 2 aliphatic heterocycles. The van der Waals surface area contributed by atoms with Crippen molar-refractivity contribution in [1.82, 2.24) is 10.1 Å². The highest BCUT2D eigenvalue weighted by Gasteiger charge is 2.47. The van der Waals surface area contributed by atoms with Gasteiger partial charge < -0.3 is 24.0 Å². The summed E-state index contributed by atoms with van der Waals surface area (Å²) in [4.78, 5) is 19.3. The van der Waals surface area contributed by atoms with Crippen molar-refractivity contribution < 1.29 is 28.3 Å². The minimum atomic E-state index is -0.926. The molecule has 2 aromatic carbocycles. The molecule has 1 unspecified atom stereocenters. The maximum atomic E-state index is 14.8. The van der Waals surface area contributed by atoms with E-state index in [2.05, 4.69) is 10.1 Å². The molecule has 4 heterocycles. The monoisotopic (exact) mass is 609 g/mol. The Morgan fingerprint density at radius 1 is 1.21 bits per heavy atom. The van der Waals surface area contributed by atoms with Crippen LogP contribution in [0.25, 0.3) is 21.5 Å². The molecule has 1 N–H and O–H groups in total. The number of anilines is 1. The predicted molar refractivity (Wildman–Crippen MR) is 156 cm³/mol. The van der Waals surface area contributed by atoms with Gasteiger partial charge in [0.25, 0.3) is 0 Å². The summed E-state index contributed by atoms with van der Waals surface area (Å²) >= 11 is 7.95. The van der Waals surface area contributed by atoms with E-state index in [0.29, 0.717) is 54.0 Å². The standard InChI is InChI=1S/C31H29ClFN3O5S/c32-22-2-1-3-23(33)26(22)28-21(29(41-35-28)15-4-5-15)14-40-24-11-19-8-18(24)12-36(19)31-34-27-20(16-6-7-39-13-16)9-17(30(37)38)10-25(27)42-31/h1-3,9-10,15-16,18-19,24H,4-8,11-14H2,(H,37,38)/t16?,18-,19-,24+/m0/s1. The average Bonchev–Trinajstić information content (AvgIpc) is 3.49. The van der Waals surface area contributed by atoms with Gasteiger partial charge in [0, 0.05) is 42.5 Å².